The number of aromatic nitrogens is 1. The highest BCUT2D eigenvalue weighted by Gasteiger charge is 2.27. The zero-order valence-electron chi connectivity index (χ0n) is 18.5. The highest BCUT2D eigenvalue weighted by atomic mass is 35.5. The molecule has 2 aliphatic heterocycles. The lowest BCUT2D eigenvalue weighted by Crippen LogP contribution is -2.42. The largest absolute Gasteiger partial charge is 0.376 e. The molecule has 1 aromatic heterocycles. The van der Waals surface area contributed by atoms with Gasteiger partial charge in [0.25, 0.3) is 5.91 Å². The molecule has 0 saturated carbocycles. The number of piperidine rings is 1. The molecule has 172 valence electrons. The summed E-state index contributed by atoms with van der Waals surface area (Å²) in [6.45, 7) is 5.31. The Balaban J connectivity index is 1.43. The van der Waals surface area contributed by atoms with Gasteiger partial charge in [-0.15, -0.1) is 0 Å². The van der Waals surface area contributed by atoms with Gasteiger partial charge in [-0.05, 0) is 43.7 Å². The van der Waals surface area contributed by atoms with Crippen LogP contribution in [0, 0.1) is 5.92 Å². The Morgan fingerprint density at radius 1 is 1.22 bits per heavy atom. The average molecular weight is 460 g/mol. The fourth-order valence-electron chi connectivity index (χ4n) is 4.27. The van der Waals surface area contributed by atoms with Crippen molar-refractivity contribution < 1.29 is 18.8 Å². The van der Waals surface area contributed by atoms with Crippen molar-refractivity contribution in [1.29, 1.82) is 0 Å². The number of amides is 2. The molecule has 2 aliphatic rings. The molecule has 4 rings (SSSR count). The lowest BCUT2D eigenvalue weighted by atomic mass is 9.99. The highest BCUT2D eigenvalue weighted by molar-refractivity contribution is 6.30. The standard InChI is InChI=1S/C24H30ClN3O4/c1-17-7-10-27(11-8-17)23(29)9-12-28(16-20-6-3-13-31-20)24(30)21-15-22(32-26-21)18-4-2-5-19(25)14-18/h2,4-5,14-15,17,20H,3,6-13,16H2,1H3/t20-/m1/s1. The van der Waals surface area contributed by atoms with E-state index < -0.39 is 0 Å². The van der Waals surface area contributed by atoms with Crippen molar-refractivity contribution in [3.8, 4) is 11.3 Å². The zero-order valence-corrected chi connectivity index (χ0v) is 19.2. The molecule has 0 spiro atoms. The number of nitrogens with zero attached hydrogens (tertiary/aromatic N) is 3. The van der Waals surface area contributed by atoms with E-state index >= 15 is 0 Å². The summed E-state index contributed by atoms with van der Waals surface area (Å²) in [6, 6.07) is 8.83. The molecule has 0 radical (unpaired) electrons. The first-order chi connectivity index (χ1) is 15.5. The molecule has 2 amide bonds. The predicted molar refractivity (Wildman–Crippen MR) is 121 cm³/mol. The van der Waals surface area contributed by atoms with E-state index in [0.717, 1.165) is 44.3 Å². The summed E-state index contributed by atoms with van der Waals surface area (Å²) in [7, 11) is 0. The van der Waals surface area contributed by atoms with Gasteiger partial charge in [0.15, 0.2) is 11.5 Å². The normalized spacial score (nSPS) is 19.3. The summed E-state index contributed by atoms with van der Waals surface area (Å²) >= 11 is 6.07. The van der Waals surface area contributed by atoms with Gasteiger partial charge in [0.05, 0.1) is 6.10 Å². The van der Waals surface area contributed by atoms with Crippen LogP contribution in [0.5, 0.6) is 0 Å². The van der Waals surface area contributed by atoms with Crippen LogP contribution < -0.4 is 0 Å². The number of likely N-dealkylation sites (tertiary alicyclic amines) is 1. The van der Waals surface area contributed by atoms with E-state index in [4.69, 9.17) is 20.9 Å². The van der Waals surface area contributed by atoms with Crippen molar-refractivity contribution in [3.05, 3.63) is 41.0 Å². The molecule has 0 bridgehead atoms. The van der Waals surface area contributed by atoms with Gasteiger partial charge < -0.3 is 19.1 Å². The molecule has 32 heavy (non-hydrogen) atoms. The van der Waals surface area contributed by atoms with Gasteiger partial charge in [-0.1, -0.05) is 35.8 Å². The topological polar surface area (TPSA) is 75.9 Å². The van der Waals surface area contributed by atoms with Crippen molar-refractivity contribution in [1.82, 2.24) is 15.0 Å². The number of carbonyl (C=O) groups excluding carboxylic acids is 2. The molecule has 8 heteroatoms. The van der Waals surface area contributed by atoms with Gasteiger partial charge >= 0.3 is 0 Å². The fraction of sp³-hybridized carbons (Fsp3) is 0.542. The molecule has 1 atom stereocenters. The van der Waals surface area contributed by atoms with E-state index in [-0.39, 0.29) is 23.6 Å². The number of hydrogen-bond acceptors (Lipinski definition) is 5. The number of rotatable bonds is 7. The number of carbonyl (C=O) groups is 2. The Hall–Kier alpha value is -2.38. The number of benzene rings is 1. The van der Waals surface area contributed by atoms with Crippen LogP contribution in [0.25, 0.3) is 11.3 Å². The maximum Gasteiger partial charge on any atom is 0.276 e. The Morgan fingerprint density at radius 3 is 2.75 bits per heavy atom. The molecule has 1 aromatic carbocycles. The van der Waals surface area contributed by atoms with Crippen LogP contribution in [-0.2, 0) is 9.53 Å². The Labute approximate surface area is 193 Å². The predicted octanol–water partition coefficient (Wildman–Crippen LogP) is 4.26. The average Bonchev–Trinajstić information content (AvgIpc) is 3.49. The van der Waals surface area contributed by atoms with Gasteiger partial charge in [0, 0.05) is 55.9 Å². The van der Waals surface area contributed by atoms with Gasteiger partial charge in [-0.2, -0.15) is 0 Å². The van der Waals surface area contributed by atoms with Gasteiger partial charge in [-0.25, -0.2) is 0 Å². The maximum atomic E-state index is 13.3. The third kappa shape index (κ3) is 5.70. The lowest BCUT2D eigenvalue weighted by Gasteiger charge is -2.31. The summed E-state index contributed by atoms with van der Waals surface area (Å²) in [5.41, 5.74) is 0.974. The smallest absolute Gasteiger partial charge is 0.276 e. The minimum Gasteiger partial charge on any atom is -0.376 e. The van der Waals surface area contributed by atoms with Crippen molar-refractivity contribution in [2.45, 2.75) is 45.1 Å². The second-order valence-corrected chi connectivity index (χ2v) is 9.22. The van der Waals surface area contributed by atoms with E-state index in [1.807, 2.05) is 17.0 Å². The van der Waals surface area contributed by atoms with Crippen LogP contribution in [0.3, 0.4) is 0 Å². The van der Waals surface area contributed by atoms with E-state index in [2.05, 4.69) is 12.1 Å². The van der Waals surface area contributed by atoms with Crippen molar-refractivity contribution >= 4 is 23.4 Å². The third-order valence-corrected chi connectivity index (χ3v) is 6.54. The summed E-state index contributed by atoms with van der Waals surface area (Å²) in [5, 5.41) is 4.58. The molecule has 0 N–H and O–H groups in total. The molecule has 2 saturated heterocycles. The number of halogens is 1. The molecule has 0 aliphatic carbocycles. The Morgan fingerprint density at radius 2 is 2.03 bits per heavy atom. The van der Waals surface area contributed by atoms with Gasteiger partial charge in [-0.3, -0.25) is 9.59 Å². The van der Waals surface area contributed by atoms with E-state index in [9.17, 15) is 9.59 Å². The maximum absolute atomic E-state index is 13.3. The molecule has 3 heterocycles. The van der Waals surface area contributed by atoms with Crippen molar-refractivity contribution in [2.24, 2.45) is 5.92 Å². The number of hydrogen-bond donors (Lipinski definition) is 0. The van der Waals surface area contributed by atoms with E-state index in [1.165, 1.54) is 0 Å². The first-order valence-electron chi connectivity index (χ1n) is 11.4. The summed E-state index contributed by atoms with van der Waals surface area (Å²) < 4.78 is 11.2. The van der Waals surface area contributed by atoms with Crippen molar-refractivity contribution in [3.63, 3.8) is 0 Å². The monoisotopic (exact) mass is 459 g/mol. The first-order valence-corrected chi connectivity index (χ1v) is 11.8. The first kappa shape index (κ1) is 22.8. The molecule has 2 fully saturated rings. The van der Waals surface area contributed by atoms with Crippen LogP contribution in [-0.4, -0.2) is 65.7 Å². The van der Waals surface area contributed by atoms with Gasteiger partial charge in [0.1, 0.15) is 0 Å². The molecule has 7 nitrogen and oxygen atoms in total. The minimum absolute atomic E-state index is 0.0100. The summed E-state index contributed by atoms with van der Waals surface area (Å²) in [6.07, 6.45) is 4.26. The molecule has 0 unspecified atom stereocenters. The highest BCUT2D eigenvalue weighted by Crippen LogP contribution is 2.24. The lowest BCUT2D eigenvalue weighted by molar-refractivity contribution is -0.132. The molecule has 2 aromatic rings. The Kier molecular flexibility index (Phi) is 7.48. The van der Waals surface area contributed by atoms with Crippen molar-refractivity contribution in [2.75, 3.05) is 32.8 Å². The van der Waals surface area contributed by atoms with Crippen LogP contribution in [0.15, 0.2) is 34.9 Å². The van der Waals surface area contributed by atoms with Crippen LogP contribution in [0.1, 0.15) is 49.5 Å². The molecular formula is C24H30ClN3O4. The Bertz CT molecular complexity index is 933. The zero-order chi connectivity index (χ0) is 22.5. The van der Waals surface area contributed by atoms with Crippen LogP contribution in [0.2, 0.25) is 5.02 Å². The number of ether oxygens (including phenoxy) is 1. The van der Waals surface area contributed by atoms with Gasteiger partial charge in [0.2, 0.25) is 5.91 Å². The quantitative estimate of drug-likeness (QED) is 0.618. The fourth-order valence-corrected chi connectivity index (χ4v) is 4.46. The second-order valence-electron chi connectivity index (χ2n) is 8.79. The van der Waals surface area contributed by atoms with Crippen LogP contribution in [0.4, 0.5) is 0 Å². The second kappa shape index (κ2) is 10.5. The van der Waals surface area contributed by atoms with E-state index in [0.29, 0.717) is 42.8 Å². The molecular weight excluding hydrogens is 430 g/mol. The van der Waals surface area contributed by atoms with E-state index in [1.54, 1.807) is 23.1 Å². The minimum atomic E-state index is -0.252. The SMILES string of the molecule is CC1CCN(C(=O)CCN(C[C@H]2CCCO2)C(=O)c2cc(-c3cccc(Cl)c3)on2)CC1. The third-order valence-electron chi connectivity index (χ3n) is 6.31. The summed E-state index contributed by atoms with van der Waals surface area (Å²) in [4.78, 5) is 29.6. The summed E-state index contributed by atoms with van der Waals surface area (Å²) in [5.74, 6) is 0.989. The van der Waals surface area contributed by atoms with Crippen LogP contribution >= 0.6 is 11.6 Å².